The van der Waals surface area contributed by atoms with E-state index in [0.717, 1.165) is 0 Å². The van der Waals surface area contributed by atoms with Crippen LogP contribution in [0, 0.1) is 10.1 Å². The number of aromatic amines is 1. The number of benzene rings is 1. The average molecular weight is 291 g/mol. The molecule has 0 unspecified atom stereocenters. The zero-order chi connectivity index (χ0) is 11.0. The summed E-state index contributed by atoms with van der Waals surface area (Å²) in [5.74, 6) is 0.836. The summed E-state index contributed by atoms with van der Waals surface area (Å²) in [5.41, 5.74) is 1.27. The maximum Gasteiger partial charge on any atom is 0.272 e. The van der Waals surface area contributed by atoms with Crippen molar-refractivity contribution in [2.45, 2.75) is 5.88 Å². The van der Waals surface area contributed by atoms with E-state index in [-0.39, 0.29) is 11.6 Å². The Morgan fingerprint density at radius 1 is 1.60 bits per heavy atom. The number of imidazole rings is 1. The first-order valence-corrected chi connectivity index (χ1v) is 5.33. The molecule has 0 atom stereocenters. The fourth-order valence-electron chi connectivity index (χ4n) is 1.28. The molecule has 0 saturated heterocycles. The molecule has 7 heteroatoms. The molecule has 0 saturated carbocycles. The van der Waals surface area contributed by atoms with E-state index >= 15 is 0 Å². The lowest BCUT2D eigenvalue weighted by atomic mass is 10.3. The van der Waals surface area contributed by atoms with Gasteiger partial charge in [0, 0.05) is 12.1 Å². The van der Waals surface area contributed by atoms with E-state index in [0.29, 0.717) is 21.3 Å². The average Bonchev–Trinajstić information content (AvgIpc) is 2.61. The number of H-pyrrole nitrogens is 1. The Bertz CT molecular complexity index is 540. The van der Waals surface area contributed by atoms with Crippen LogP contribution in [-0.2, 0) is 5.88 Å². The number of fused-ring (bicyclic) bond motifs is 1. The van der Waals surface area contributed by atoms with Crippen LogP contribution < -0.4 is 0 Å². The highest BCUT2D eigenvalue weighted by molar-refractivity contribution is 9.10. The molecule has 0 fully saturated rings. The minimum atomic E-state index is -0.453. The van der Waals surface area contributed by atoms with Gasteiger partial charge >= 0.3 is 0 Å². The molecule has 0 amide bonds. The van der Waals surface area contributed by atoms with Crippen LogP contribution in [0.1, 0.15) is 5.82 Å². The second kappa shape index (κ2) is 3.79. The van der Waals surface area contributed by atoms with Crippen LogP contribution in [0.25, 0.3) is 11.0 Å². The molecule has 0 bridgehead atoms. The molecule has 0 spiro atoms. The molecular weight excluding hydrogens is 285 g/mol. The van der Waals surface area contributed by atoms with E-state index in [1.54, 1.807) is 0 Å². The van der Waals surface area contributed by atoms with E-state index in [2.05, 4.69) is 25.9 Å². The molecule has 2 rings (SSSR count). The van der Waals surface area contributed by atoms with Crippen LogP contribution >= 0.6 is 27.5 Å². The molecule has 0 aliphatic carbocycles. The molecule has 1 aromatic heterocycles. The summed E-state index contributed by atoms with van der Waals surface area (Å²) in [5, 5.41) is 10.6. The van der Waals surface area contributed by atoms with E-state index in [1.807, 2.05) is 0 Å². The molecular formula is C8H5BrClN3O2. The molecule has 2 aromatic rings. The van der Waals surface area contributed by atoms with Crippen molar-refractivity contribution in [2.24, 2.45) is 0 Å². The number of nitro benzene ring substituents is 1. The smallest absolute Gasteiger partial charge is 0.272 e. The Kier molecular flexibility index (Phi) is 2.62. The highest BCUT2D eigenvalue weighted by Crippen LogP contribution is 2.27. The van der Waals surface area contributed by atoms with Gasteiger partial charge in [0.05, 0.1) is 20.8 Å². The van der Waals surface area contributed by atoms with Crippen molar-refractivity contribution in [3.05, 3.63) is 32.5 Å². The predicted octanol–water partition coefficient (Wildman–Crippen LogP) is 2.97. The first-order chi connectivity index (χ1) is 7.11. The highest BCUT2D eigenvalue weighted by Gasteiger charge is 2.13. The van der Waals surface area contributed by atoms with Gasteiger partial charge in [-0.1, -0.05) is 0 Å². The topological polar surface area (TPSA) is 71.8 Å². The van der Waals surface area contributed by atoms with Crippen molar-refractivity contribution in [1.82, 2.24) is 9.97 Å². The predicted molar refractivity (Wildman–Crippen MR) is 60.0 cm³/mol. The number of rotatable bonds is 2. The van der Waals surface area contributed by atoms with Gasteiger partial charge in [-0.05, 0) is 15.9 Å². The first-order valence-electron chi connectivity index (χ1n) is 4.00. The number of non-ortho nitro benzene ring substituents is 1. The normalized spacial score (nSPS) is 10.8. The highest BCUT2D eigenvalue weighted by atomic mass is 79.9. The molecule has 1 heterocycles. The lowest BCUT2D eigenvalue weighted by Crippen LogP contribution is -1.87. The summed E-state index contributed by atoms with van der Waals surface area (Å²) in [6.45, 7) is 0. The largest absolute Gasteiger partial charge is 0.341 e. The lowest BCUT2D eigenvalue weighted by molar-refractivity contribution is -0.384. The standard InChI is InChI=1S/C8H5BrClN3O2/c9-5-1-4(13(14)15)2-6-8(5)12-7(3-10)11-6/h1-2H,3H2,(H,11,12). The molecule has 0 aliphatic rings. The van der Waals surface area contributed by atoms with Crippen LogP contribution in [0.4, 0.5) is 5.69 Å². The van der Waals surface area contributed by atoms with Crippen LogP contribution in [0.3, 0.4) is 0 Å². The minimum absolute atomic E-state index is 0.0131. The van der Waals surface area contributed by atoms with Gasteiger partial charge in [-0.3, -0.25) is 10.1 Å². The number of nitro groups is 1. The van der Waals surface area contributed by atoms with Gasteiger partial charge in [0.25, 0.3) is 5.69 Å². The van der Waals surface area contributed by atoms with E-state index in [4.69, 9.17) is 11.6 Å². The third kappa shape index (κ3) is 1.82. The van der Waals surface area contributed by atoms with Crippen molar-refractivity contribution in [1.29, 1.82) is 0 Å². The molecule has 15 heavy (non-hydrogen) atoms. The van der Waals surface area contributed by atoms with Gasteiger partial charge in [0.1, 0.15) is 11.3 Å². The number of alkyl halides is 1. The van der Waals surface area contributed by atoms with Crippen molar-refractivity contribution < 1.29 is 4.92 Å². The zero-order valence-corrected chi connectivity index (χ0v) is 9.67. The summed E-state index contributed by atoms with van der Waals surface area (Å²) in [6.07, 6.45) is 0. The van der Waals surface area contributed by atoms with Gasteiger partial charge < -0.3 is 4.98 Å². The van der Waals surface area contributed by atoms with Crippen LogP contribution in [0.2, 0.25) is 0 Å². The second-order valence-electron chi connectivity index (χ2n) is 2.90. The zero-order valence-electron chi connectivity index (χ0n) is 7.33. The van der Waals surface area contributed by atoms with Gasteiger partial charge in [-0.2, -0.15) is 0 Å². The summed E-state index contributed by atoms with van der Waals surface area (Å²) < 4.78 is 0.583. The Hall–Kier alpha value is -1.14. The second-order valence-corrected chi connectivity index (χ2v) is 4.02. The molecule has 0 radical (unpaired) electrons. The quantitative estimate of drug-likeness (QED) is 0.525. The van der Waals surface area contributed by atoms with Crippen molar-refractivity contribution >= 4 is 44.3 Å². The molecule has 78 valence electrons. The Morgan fingerprint density at radius 3 is 2.93 bits per heavy atom. The van der Waals surface area contributed by atoms with Crippen molar-refractivity contribution in [3.8, 4) is 0 Å². The molecule has 1 N–H and O–H groups in total. The number of aromatic nitrogens is 2. The fraction of sp³-hybridized carbons (Fsp3) is 0.125. The number of hydrogen-bond acceptors (Lipinski definition) is 3. The number of nitrogens with zero attached hydrogens (tertiary/aromatic N) is 2. The van der Waals surface area contributed by atoms with Crippen molar-refractivity contribution in [3.63, 3.8) is 0 Å². The lowest BCUT2D eigenvalue weighted by Gasteiger charge is -1.93. The summed E-state index contributed by atoms with van der Waals surface area (Å²) in [4.78, 5) is 17.2. The number of hydrogen-bond donors (Lipinski definition) is 1. The van der Waals surface area contributed by atoms with E-state index in [9.17, 15) is 10.1 Å². The Balaban J connectivity index is 2.70. The van der Waals surface area contributed by atoms with Gasteiger partial charge in [-0.25, -0.2) is 4.98 Å². The summed E-state index contributed by atoms with van der Waals surface area (Å²) in [7, 11) is 0. The van der Waals surface area contributed by atoms with E-state index < -0.39 is 4.92 Å². The van der Waals surface area contributed by atoms with Gasteiger partial charge in [-0.15, -0.1) is 11.6 Å². The maximum absolute atomic E-state index is 10.6. The monoisotopic (exact) mass is 289 g/mol. The van der Waals surface area contributed by atoms with Crippen molar-refractivity contribution in [2.75, 3.05) is 0 Å². The molecule has 0 aliphatic heterocycles. The minimum Gasteiger partial charge on any atom is -0.341 e. The maximum atomic E-state index is 10.6. The fourth-order valence-corrected chi connectivity index (χ4v) is 1.94. The summed E-state index contributed by atoms with van der Waals surface area (Å²) >= 11 is 8.84. The van der Waals surface area contributed by atoms with Gasteiger partial charge in [0.2, 0.25) is 0 Å². The Morgan fingerprint density at radius 2 is 2.33 bits per heavy atom. The van der Waals surface area contributed by atoms with Gasteiger partial charge in [0.15, 0.2) is 0 Å². The number of halogens is 2. The number of nitrogens with one attached hydrogen (secondary N) is 1. The summed E-state index contributed by atoms with van der Waals surface area (Å²) in [6, 6.07) is 2.85. The third-order valence-corrected chi connectivity index (χ3v) is 2.77. The SMILES string of the molecule is O=[N+]([O-])c1cc(Br)c2nc(CCl)[nH]c2c1. The molecule has 1 aromatic carbocycles. The van der Waals surface area contributed by atoms with E-state index in [1.165, 1.54) is 12.1 Å². The van der Waals surface area contributed by atoms with Crippen LogP contribution in [-0.4, -0.2) is 14.9 Å². The Labute approximate surface area is 97.7 Å². The first kappa shape index (κ1) is 10.4. The van der Waals surface area contributed by atoms with Crippen LogP contribution in [0.15, 0.2) is 16.6 Å². The van der Waals surface area contributed by atoms with Crippen LogP contribution in [0.5, 0.6) is 0 Å². The third-order valence-electron chi connectivity index (χ3n) is 1.91. The molecule has 5 nitrogen and oxygen atoms in total.